The predicted octanol–water partition coefficient (Wildman–Crippen LogP) is 2.92. The molecule has 0 aliphatic rings. The van der Waals surface area contributed by atoms with Gasteiger partial charge in [0.15, 0.2) is 0 Å². The molecule has 0 saturated heterocycles. The van der Waals surface area contributed by atoms with Crippen molar-refractivity contribution >= 4 is 0 Å². The number of nitrogens with zero attached hydrogens (tertiary/aromatic N) is 2. The van der Waals surface area contributed by atoms with Gasteiger partial charge in [0.25, 0.3) is 6.08 Å². The van der Waals surface area contributed by atoms with E-state index in [1.165, 1.54) is 6.20 Å². The highest BCUT2D eigenvalue weighted by atomic mass is 19.3. The summed E-state index contributed by atoms with van der Waals surface area (Å²) in [6, 6.07) is 0. The van der Waals surface area contributed by atoms with Gasteiger partial charge in [-0.2, -0.15) is 8.78 Å². The molecule has 0 amide bonds. The fourth-order valence-electron chi connectivity index (χ4n) is 0.950. The summed E-state index contributed by atoms with van der Waals surface area (Å²) in [4.78, 5) is 8.15. The molecule has 0 N–H and O–H groups in total. The summed E-state index contributed by atoms with van der Waals surface area (Å²) in [5.74, 6) is 0.310. The van der Waals surface area contributed by atoms with E-state index in [2.05, 4.69) is 9.97 Å². The Balaban J connectivity index is 2.69. The fourth-order valence-corrected chi connectivity index (χ4v) is 0.950. The van der Waals surface area contributed by atoms with Gasteiger partial charge >= 0.3 is 0 Å². The van der Waals surface area contributed by atoms with Gasteiger partial charge in [0.1, 0.15) is 0 Å². The smallest absolute Gasteiger partial charge is 0.258 e. The van der Waals surface area contributed by atoms with Gasteiger partial charge in [-0.15, -0.1) is 0 Å². The summed E-state index contributed by atoms with van der Waals surface area (Å²) in [6.45, 7) is 4.01. The van der Waals surface area contributed by atoms with E-state index in [1.54, 1.807) is 6.20 Å². The average Bonchev–Trinajstić information content (AvgIpc) is 2.15. The molecule has 1 rings (SSSR count). The first-order valence-corrected chi connectivity index (χ1v) is 4.41. The van der Waals surface area contributed by atoms with Crippen molar-refractivity contribution in [3.05, 3.63) is 35.9 Å². The second kappa shape index (κ2) is 4.79. The Hall–Kier alpha value is -1.32. The molecule has 0 aromatic carbocycles. The van der Waals surface area contributed by atoms with Crippen LogP contribution in [-0.2, 0) is 6.42 Å². The van der Waals surface area contributed by atoms with Crippen molar-refractivity contribution in [1.82, 2.24) is 9.97 Å². The lowest BCUT2D eigenvalue weighted by atomic mass is 10.1. The Bertz CT molecular complexity index is 313. The first kappa shape index (κ1) is 10.8. The molecule has 0 aliphatic carbocycles. The van der Waals surface area contributed by atoms with Gasteiger partial charge in [-0.05, 0) is 12.0 Å². The predicted molar refractivity (Wildman–Crippen MR) is 50.1 cm³/mol. The molecule has 4 heteroatoms. The van der Waals surface area contributed by atoms with E-state index in [9.17, 15) is 8.78 Å². The van der Waals surface area contributed by atoms with Gasteiger partial charge in [0, 0.05) is 18.8 Å². The Morgan fingerprint density at radius 2 is 2.07 bits per heavy atom. The third-order valence-corrected chi connectivity index (χ3v) is 1.78. The van der Waals surface area contributed by atoms with Gasteiger partial charge in [0.05, 0.1) is 11.4 Å². The maximum atomic E-state index is 11.7. The molecular weight excluding hydrogens is 186 g/mol. The summed E-state index contributed by atoms with van der Waals surface area (Å²) >= 11 is 0. The van der Waals surface area contributed by atoms with E-state index in [1.807, 2.05) is 13.8 Å². The number of hydrogen-bond donors (Lipinski definition) is 0. The number of aromatic nitrogens is 2. The zero-order valence-electron chi connectivity index (χ0n) is 8.17. The quantitative estimate of drug-likeness (QED) is 0.746. The highest BCUT2D eigenvalue weighted by Gasteiger charge is 2.01. The van der Waals surface area contributed by atoms with Crippen LogP contribution in [0, 0.1) is 0 Å². The molecule has 0 aliphatic heterocycles. The Kier molecular flexibility index (Phi) is 3.68. The van der Waals surface area contributed by atoms with Crippen LogP contribution in [-0.4, -0.2) is 9.97 Å². The Labute approximate surface area is 81.7 Å². The number of hydrogen-bond acceptors (Lipinski definition) is 2. The number of halogens is 2. The summed E-state index contributed by atoms with van der Waals surface area (Å²) in [7, 11) is 0. The van der Waals surface area contributed by atoms with Gasteiger partial charge < -0.3 is 0 Å². The van der Waals surface area contributed by atoms with Gasteiger partial charge in [-0.25, -0.2) is 0 Å². The van der Waals surface area contributed by atoms with Crippen LogP contribution in [0.5, 0.6) is 0 Å². The third-order valence-electron chi connectivity index (χ3n) is 1.78. The molecule has 0 bridgehead atoms. The van der Waals surface area contributed by atoms with E-state index in [-0.39, 0.29) is 6.42 Å². The summed E-state index contributed by atoms with van der Waals surface area (Å²) in [5, 5.41) is 0. The van der Waals surface area contributed by atoms with Crippen molar-refractivity contribution in [1.29, 1.82) is 0 Å². The van der Waals surface area contributed by atoms with Crippen LogP contribution in [0.3, 0.4) is 0 Å². The molecule has 0 spiro atoms. The maximum Gasteiger partial charge on any atom is 0.266 e. The molecule has 1 heterocycles. The minimum Gasteiger partial charge on any atom is -0.258 e. The van der Waals surface area contributed by atoms with Crippen LogP contribution in [0.25, 0.3) is 0 Å². The van der Waals surface area contributed by atoms with Crippen molar-refractivity contribution < 1.29 is 8.78 Å². The molecule has 0 radical (unpaired) electrons. The minimum atomic E-state index is -1.68. The normalized spacial score (nSPS) is 10.4. The molecule has 76 valence electrons. The van der Waals surface area contributed by atoms with Gasteiger partial charge in [0.2, 0.25) is 0 Å². The van der Waals surface area contributed by atoms with Crippen LogP contribution in [0.4, 0.5) is 8.78 Å². The fraction of sp³-hybridized carbons (Fsp3) is 0.400. The molecule has 1 aromatic rings. The number of rotatable bonds is 3. The van der Waals surface area contributed by atoms with Crippen LogP contribution in [0.15, 0.2) is 24.6 Å². The highest BCUT2D eigenvalue weighted by molar-refractivity contribution is 5.08. The van der Waals surface area contributed by atoms with Crippen LogP contribution in [0.1, 0.15) is 31.2 Å². The van der Waals surface area contributed by atoms with E-state index in [4.69, 9.17) is 0 Å². The van der Waals surface area contributed by atoms with Crippen molar-refractivity contribution in [2.24, 2.45) is 0 Å². The Morgan fingerprint density at radius 3 is 2.50 bits per heavy atom. The number of allylic oxidation sites excluding steroid dienone is 1. The first-order valence-electron chi connectivity index (χ1n) is 4.41. The molecule has 0 saturated carbocycles. The van der Waals surface area contributed by atoms with Crippen molar-refractivity contribution in [3.8, 4) is 0 Å². The van der Waals surface area contributed by atoms with E-state index < -0.39 is 6.08 Å². The monoisotopic (exact) mass is 198 g/mol. The molecule has 0 atom stereocenters. The molecule has 14 heavy (non-hydrogen) atoms. The van der Waals surface area contributed by atoms with Crippen LogP contribution < -0.4 is 0 Å². The largest absolute Gasteiger partial charge is 0.266 e. The zero-order valence-corrected chi connectivity index (χ0v) is 8.17. The second-order valence-corrected chi connectivity index (χ2v) is 3.29. The van der Waals surface area contributed by atoms with Crippen LogP contribution >= 0.6 is 0 Å². The van der Waals surface area contributed by atoms with Crippen molar-refractivity contribution in [2.45, 2.75) is 26.2 Å². The lowest BCUT2D eigenvalue weighted by molar-refractivity contribution is 0.418. The first-order chi connectivity index (χ1) is 6.59. The highest BCUT2D eigenvalue weighted by Crippen LogP contribution is 2.09. The molecule has 0 unspecified atom stereocenters. The van der Waals surface area contributed by atoms with Gasteiger partial charge in [-0.1, -0.05) is 13.8 Å². The molecule has 1 aromatic heterocycles. The molecule has 2 nitrogen and oxygen atoms in total. The summed E-state index contributed by atoms with van der Waals surface area (Å²) in [5.41, 5.74) is 1.43. The van der Waals surface area contributed by atoms with Gasteiger partial charge in [-0.3, -0.25) is 9.97 Å². The molecule has 0 fully saturated rings. The SMILES string of the molecule is CC(C)c1cnc(CC=C(F)F)cn1. The minimum absolute atomic E-state index is 0.133. The lowest BCUT2D eigenvalue weighted by Crippen LogP contribution is -1.96. The Morgan fingerprint density at radius 1 is 1.36 bits per heavy atom. The van der Waals surface area contributed by atoms with E-state index in [0.29, 0.717) is 11.6 Å². The topological polar surface area (TPSA) is 25.8 Å². The van der Waals surface area contributed by atoms with E-state index in [0.717, 1.165) is 11.8 Å². The maximum absolute atomic E-state index is 11.7. The zero-order chi connectivity index (χ0) is 10.6. The molecular formula is C10H12F2N2. The van der Waals surface area contributed by atoms with Crippen molar-refractivity contribution in [2.75, 3.05) is 0 Å². The average molecular weight is 198 g/mol. The lowest BCUT2D eigenvalue weighted by Gasteiger charge is -2.03. The standard InChI is InChI=1S/C10H12F2N2/c1-7(2)9-6-13-8(5-14-9)3-4-10(11)12/h4-7H,3H2,1-2H3. The summed E-state index contributed by atoms with van der Waals surface area (Å²) in [6.07, 6.45) is 2.45. The van der Waals surface area contributed by atoms with Crippen molar-refractivity contribution in [3.63, 3.8) is 0 Å². The third kappa shape index (κ3) is 3.20. The van der Waals surface area contributed by atoms with E-state index >= 15 is 0 Å². The second-order valence-electron chi connectivity index (χ2n) is 3.29. The van der Waals surface area contributed by atoms with Crippen LogP contribution in [0.2, 0.25) is 0 Å². The summed E-state index contributed by atoms with van der Waals surface area (Å²) < 4.78 is 23.5.